The molecule has 0 saturated heterocycles. The molecule has 0 fully saturated rings. The number of oxazole rings is 1. The lowest BCUT2D eigenvalue weighted by Gasteiger charge is -2.01. The standard InChI is InChI=1S/C14H15N3O2/c1-18-9-5-8-16-14-12(10-15)17-13(19-14)11-6-3-2-4-7-11/h2-4,6-7,16H,5,8-9H2,1H3. The first kappa shape index (κ1) is 13.1. The van der Waals surface area contributed by atoms with Gasteiger partial charge in [0.1, 0.15) is 6.07 Å². The van der Waals surface area contributed by atoms with Crippen LogP contribution < -0.4 is 5.32 Å². The van der Waals surface area contributed by atoms with Gasteiger partial charge >= 0.3 is 0 Å². The molecule has 0 saturated carbocycles. The Morgan fingerprint density at radius 1 is 1.37 bits per heavy atom. The number of nitrogens with zero attached hydrogens (tertiary/aromatic N) is 2. The van der Waals surface area contributed by atoms with E-state index in [0.29, 0.717) is 24.9 Å². The fraction of sp³-hybridized carbons (Fsp3) is 0.286. The molecule has 0 bridgehead atoms. The van der Waals surface area contributed by atoms with E-state index in [0.717, 1.165) is 12.0 Å². The van der Waals surface area contributed by atoms with Crippen LogP contribution in [0.15, 0.2) is 34.7 Å². The summed E-state index contributed by atoms with van der Waals surface area (Å²) in [6.07, 6.45) is 0.836. The van der Waals surface area contributed by atoms with Gasteiger partial charge in [-0.1, -0.05) is 18.2 Å². The summed E-state index contributed by atoms with van der Waals surface area (Å²) >= 11 is 0. The third-order valence-corrected chi connectivity index (χ3v) is 2.56. The lowest BCUT2D eigenvalue weighted by molar-refractivity contribution is 0.197. The van der Waals surface area contributed by atoms with Gasteiger partial charge in [0.15, 0.2) is 0 Å². The molecule has 5 nitrogen and oxygen atoms in total. The first-order valence-electron chi connectivity index (χ1n) is 6.04. The number of nitrogens with one attached hydrogen (secondary N) is 1. The molecule has 0 spiro atoms. The molecule has 0 atom stereocenters. The molecule has 1 heterocycles. The SMILES string of the molecule is COCCCNc1oc(-c2ccccc2)nc1C#N. The Labute approximate surface area is 111 Å². The van der Waals surface area contributed by atoms with E-state index in [4.69, 9.17) is 14.4 Å². The van der Waals surface area contributed by atoms with Gasteiger partial charge in [-0.2, -0.15) is 10.2 Å². The lowest BCUT2D eigenvalue weighted by Crippen LogP contribution is -2.04. The predicted octanol–water partition coefficient (Wildman–Crippen LogP) is 2.66. The molecule has 5 heteroatoms. The van der Waals surface area contributed by atoms with Crippen LogP contribution in [0.5, 0.6) is 0 Å². The van der Waals surface area contributed by atoms with Crippen LogP contribution in [0.2, 0.25) is 0 Å². The van der Waals surface area contributed by atoms with Crippen molar-refractivity contribution in [1.29, 1.82) is 5.26 Å². The number of methoxy groups -OCH3 is 1. The van der Waals surface area contributed by atoms with Crippen LogP contribution in [0.25, 0.3) is 11.5 Å². The molecule has 2 rings (SSSR count). The zero-order valence-corrected chi connectivity index (χ0v) is 10.7. The Balaban J connectivity index is 2.12. The number of hydrogen-bond acceptors (Lipinski definition) is 5. The number of aromatic nitrogens is 1. The van der Waals surface area contributed by atoms with Crippen molar-refractivity contribution in [2.45, 2.75) is 6.42 Å². The molecular formula is C14H15N3O2. The van der Waals surface area contributed by atoms with Gasteiger partial charge in [0.05, 0.1) is 0 Å². The topological polar surface area (TPSA) is 71.1 Å². The zero-order chi connectivity index (χ0) is 13.5. The van der Waals surface area contributed by atoms with Gasteiger partial charge in [0.2, 0.25) is 17.5 Å². The molecule has 0 aliphatic heterocycles. The maximum absolute atomic E-state index is 9.04. The van der Waals surface area contributed by atoms with E-state index in [9.17, 15) is 0 Å². The van der Waals surface area contributed by atoms with Crippen molar-refractivity contribution in [1.82, 2.24) is 4.98 Å². The Kier molecular flexibility index (Phi) is 4.54. The number of ether oxygens (including phenoxy) is 1. The highest BCUT2D eigenvalue weighted by Crippen LogP contribution is 2.24. The second kappa shape index (κ2) is 6.57. The summed E-state index contributed by atoms with van der Waals surface area (Å²) in [6, 6.07) is 11.5. The van der Waals surface area contributed by atoms with Gasteiger partial charge in [0.25, 0.3) is 0 Å². The number of anilines is 1. The minimum Gasteiger partial charge on any atom is -0.419 e. The molecule has 0 aliphatic rings. The van der Waals surface area contributed by atoms with Gasteiger partial charge in [-0.15, -0.1) is 0 Å². The summed E-state index contributed by atoms with van der Waals surface area (Å²) < 4.78 is 10.5. The second-order valence-electron chi connectivity index (χ2n) is 3.95. The molecular weight excluding hydrogens is 242 g/mol. The van der Waals surface area contributed by atoms with E-state index in [1.807, 2.05) is 36.4 Å². The van der Waals surface area contributed by atoms with E-state index in [1.54, 1.807) is 7.11 Å². The van der Waals surface area contributed by atoms with Crippen molar-refractivity contribution in [3.63, 3.8) is 0 Å². The van der Waals surface area contributed by atoms with Crippen LogP contribution in [0.1, 0.15) is 12.1 Å². The van der Waals surface area contributed by atoms with Crippen molar-refractivity contribution in [3.8, 4) is 17.5 Å². The summed E-state index contributed by atoms with van der Waals surface area (Å²) in [5, 5.41) is 12.1. The fourth-order valence-corrected chi connectivity index (χ4v) is 1.64. The number of nitriles is 1. The Bertz CT molecular complexity index is 558. The number of hydrogen-bond donors (Lipinski definition) is 1. The first-order chi connectivity index (χ1) is 9.35. The highest BCUT2D eigenvalue weighted by molar-refractivity contribution is 5.58. The predicted molar refractivity (Wildman–Crippen MR) is 71.6 cm³/mol. The molecule has 1 aromatic heterocycles. The first-order valence-corrected chi connectivity index (χ1v) is 6.04. The van der Waals surface area contributed by atoms with Crippen molar-refractivity contribution in [2.24, 2.45) is 0 Å². The monoisotopic (exact) mass is 257 g/mol. The third-order valence-electron chi connectivity index (χ3n) is 2.56. The molecule has 1 aromatic carbocycles. The van der Waals surface area contributed by atoms with Gasteiger partial charge in [0, 0.05) is 25.8 Å². The van der Waals surface area contributed by atoms with Gasteiger partial charge in [-0.25, -0.2) is 0 Å². The largest absolute Gasteiger partial charge is 0.419 e. The van der Waals surface area contributed by atoms with Crippen LogP contribution in [-0.2, 0) is 4.74 Å². The summed E-state index contributed by atoms with van der Waals surface area (Å²) in [4.78, 5) is 4.18. The van der Waals surface area contributed by atoms with Gasteiger partial charge in [-0.3, -0.25) is 0 Å². The smallest absolute Gasteiger partial charge is 0.232 e. The summed E-state index contributed by atoms with van der Waals surface area (Å²) in [5.74, 6) is 0.865. The summed E-state index contributed by atoms with van der Waals surface area (Å²) in [5.41, 5.74) is 1.13. The van der Waals surface area contributed by atoms with E-state index in [-0.39, 0.29) is 5.69 Å². The maximum atomic E-state index is 9.04. The van der Waals surface area contributed by atoms with Crippen LogP contribution in [0, 0.1) is 11.3 Å². The van der Waals surface area contributed by atoms with Crippen LogP contribution in [0.3, 0.4) is 0 Å². The molecule has 19 heavy (non-hydrogen) atoms. The minimum absolute atomic E-state index is 0.274. The molecule has 98 valence electrons. The van der Waals surface area contributed by atoms with Gasteiger partial charge < -0.3 is 14.5 Å². The Morgan fingerprint density at radius 3 is 2.84 bits per heavy atom. The molecule has 0 radical (unpaired) electrons. The average Bonchev–Trinajstić information content (AvgIpc) is 2.88. The highest BCUT2D eigenvalue weighted by Gasteiger charge is 2.13. The molecule has 2 aromatic rings. The normalized spacial score (nSPS) is 10.1. The van der Waals surface area contributed by atoms with Crippen molar-refractivity contribution >= 4 is 5.88 Å². The van der Waals surface area contributed by atoms with E-state index in [1.165, 1.54) is 0 Å². The number of benzene rings is 1. The van der Waals surface area contributed by atoms with Crippen LogP contribution >= 0.6 is 0 Å². The van der Waals surface area contributed by atoms with Crippen LogP contribution in [-0.4, -0.2) is 25.2 Å². The molecule has 0 aliphatic carbocycles. The van der Waals surface area contributed by atoms with E-state index in [2.05, 4.69) is 10.3 Å². The zero-order valence-electron chi connectivity index (χ0n) is 10.7. The van der Waals surface area contributed by atoms with Crippen molar-refractivity contribution in [2.75, 3.05) is 25.6 Å². The van der Waals surface area contributed by atoms with E-state index >= 15 is 0 Å². The van der Waals surface area contributed by atoms with Crippen molar-refractivity contribution < 1.29 is 9.15 Å². The average molecular weight is 257 g/mol. The number of rotatable bonds is 6. The Morgan fingerprint density at radius 2 is 2.16 bits per heavy atom. The second-order valence-corrected chi connectivity index (χ2v) is 3.95. The quantitative estimate of drug-likeness (QED) is 0.805. The fourth-order valence-electron chi connectivity index (χ4n) is 1.64. The maximum Gasteiger partial charge on any atom is 0.232 e. The summed E-state index contributed by atoms with van der Waals surface area (Å²) in [7, 11) is 1.66. The van der Waals surface area contributed by atoms with E-state index < -0.39 is 0 Å². The molecule has 0 unspecified atom stereocenters. The highest BCUT2D eigenvalue weighted by atomic mass is 16.5. The molecule has 0 amide bonds. The summed E-state index contributed by atoms with van der Waals surface area (Å²) in [6.45, 7) is 1.33. The van der Waals surface area contributed by atoms with Crippen LogP contribution in [0.4, 0.5) is 5.88 Å². The minimum atomic E-state index is 0.274. The third kappa shape index (κ3) is 3.33. The van der Waals surface area contributed by atoms with Crippen molar-refractivity contribution in [3.05, 3.63) is 36.0 Å². The Hall–Kier alpha value is -2.32. The molecule has 1 N–H and O–H groups in total. The lowest BCUT2D eigenvalue weighted by atomic mass is 10.2. The van der Waals surface area contributed by atoms with Gasteiger partial charge in [-0.05, 0) is 18.6 Å².